The van der Waals surface area contributed by atoms with Gasteiger partial charge in [-0.25, -0.2) is 0 Å². The molecule has 4 atom stereocenters. The highest BCUT2D eigenvalue weighted by atomic mass is 14.4. The molecule has 0 heteroatoms. The van der Waals surface area contributed by atoms with Crippen molar-refractivity contribution in [1.29, 1.82) is 0 Å². The minimum Gasteiger partial charge on any atom is -0.0836 e. The van der Waals surface area contributed by atoms with Gasteiger partial charge in [0.1, 0.15) is 0 Å². The Labute approximate surface area is 254 Å². The van der Waals surface area contributed by atoms with Crippen molar-refractivity contribution in [3.63, 3.8) is 0 Å². The van der Waals surface area contributed by atoms with Crippen molar-refractivity contribution in [2.24, 2.45) is 11.8 Å². The van der Waals surface area contributed by atoms with Crippen LogP contribution in [0.4, 0.5) is 0 Å². The minimum absolute atomic E-state index is 0.477. The van der Waals surface area contributed by atoms with E-state index in [0.29, 0.717) is 11.8 Å². The lowest BCUT2D eigenvalue weighted by atomic mass is 9.84. The normalized spacial score (nSPS) is 23.3. The van der Waals surface area contributed by atoms with Crippen LogP contribution in [0.25, 0.3) is 27.1 Å². The average Bonchev–Trinajstić information content (AvgIpc) is 3.74. The first-order chi connectivity index (χ1) is 21.2. The van der Waals surface area contributed by atoms with Crippen LogP contribution in [0.5, 0.6) is 0 Å². The highest BCUT2D eigenvalue weighted by molar-refractivity contribution is 6.07. The fourth-order valence-corrected chi connectivity index (χ4v) is 8.31. The molecular weight excluding hydrogens is 516 g/mol. The molecule has 4 aliphatic carbocycles. The number of fused-ring (bicyclic) bond motifs is 7. The maximum atomic E-state index is 2.57. The summed E-state index contributed by atoms with van der Waals surface area (Å²) in [5, 5.41) is 5.40. The number of benzene rings is 5. The molecule has 0 radical (unpaired) electrons. The summed E-state index contributed by atoms with van der Waals surface area (Å²) in [6, 6.07) is 37.0. The minimum atomic E-state index is 0.477. The predicted octanol–water partition coefficient (Wildman–Crippen LogP) is 10.8. The summed E-state index contributed by atoms with van der Waals surface area (Å²) in [6.45, 7) is 2.24. The second kappa shape index (κ2) is 9.81. The van der Waals surface area contributed by atoms with Gasteiger partial charge < -0.3 is 0 Å². The SMILES string of the molecule is Cc1ccccc1C1=CC2CC2C=C1Cc1ccc2c(ccc3cc(CC4C5=CC=CCC5c5ccccc54)ccc32)c1. The van der Waals surface area contributed by atoms with Crippen LogP contribution < -0.4 is 0 Å². The Hall–Kier alpha value is -4.42. The Bertz CT molecular complexity index is 2060. The van der Waals surface area contributed by atoms with E-state index in [4.69, 9.17) is 0 Å². The molecule has 5 aromatic rings. The zero-order valence-corrected chi connectivity index (χ0v) is 24.8. The van der Waals surface area contributed by atoms with Crippen LogP contribution >= 0.6 is 0 Å². The number of hydrogen-bond acceptors (Lipinski definition) is 0. The van der Waals surface area contributed by atoms with Gasteiger partial charge in [-0.15, -0.1) is 0 Å². The number of rotatable bonds is 5. The summed E-state index contributed by atoms with van der Waals surface area (Å²) in [7, 11) is 0. The molecule has 0 N–H and O–H groups in total. The molecule has 1 saturated carbocycles. The third-order valence-electron chi connectivity index (χ3n) is 10.6. The first-order valence-corrected chi connectivity index (χ1v) is 16.1. The van der Waals surface area contributed by atoms with Crippen LogP contribution in [-0.2, 0) is 12.8 Å². The van der Waals surface area contributed by atoms with Gasteiger partial charge >= 0.3 is 0 Å². The molecule has 4 aliphatic rings. The largest absolute Gasteiger partial charge is 0.0836 e. The predicted molar refractivity (Wildman–Crippen MR) is 181 cm³/mol. The smallest absolute Gasteiger partial charge is 0.0101 e. The van der Waals surface area contributed by atoms with Crippen molar-refractivity contribution in [3.8, 4) is 0 Å². The molecule has 1 fully saturated rings. The first-order valence-electron chi connectivity index (χ1n) is 16.1. The molecule has 4 unspecified atom stereocenters. The van der Waals surface area contributed by atoms with E-state index in [1.54, 1.807) is 5.57 Å². The summed E-state index contributed by atoms with van der Waals surface area (Å²) < 4.78 is 0. The van der Waals surface area contributed by atoms with E-state index < -0.39 is 0 Å². The lowest BCUT2D eigenvalue weighted by Crippen LogP contribution is -2.05. The van der Waals surface area contributed by atoms with Gasteiger partial charge in [0, 0.05) is 11.8 Å². The standard InChI is InChI=1S/C43H36/c1-27-8-2-3-9-35(27)42-26-33-24-32(33)25-34(42)22-28-14-18-36-30(20-28)16-17-31-21-29(15-19-37(31)36)23-43-40-12-6-4-10-38(40)39-11-5-7-13-41(39)43/h2-10,12-21,25-26,32-33,39,43H,11,22-24H2,1H3. The second-order valence-electron chi connectivity index (χ2n) is 13.3. The Balaban J connectivity index is 1.02. The van der Waals surface area contributed by atoms with Crippen LogP contribution in [-0.4, -0.2) is 0 Å². The molecule has 43 heavy (non-hydrogen) atoms. The highest BCUT2D eigenvalue weighted by Crippen LogP contribution is 2.51. The fraction of sp³-hybridized carbons (Fsp3) is 0.209. The lowest BCUT2D eigenvalue weighted by Gasteiger charge is -2.19. The fourth-order valence-electron chi connectivity index (χ4n) is 8.31. The van der Waals surface area contributed by atoms with Gasteiger partial charge in [-0.1, -0.05) is 133 Å². The van der Waals surface area contributed by atoms with Crippen molar-refractivity contribution < 1.29 is 0 Å². The number of aryl methyl sites for hydroxylation is 1. The van der Waals surface area contributed by atoms with Gasteiger partial charge in [0.25, 0.3) is 0 Å². The first kappa shape index (κ1) is 25.1. The van der Waals surface area contributed by atoms with Crippen LogP contribution in [0.1, 0.15) is 58.1 Å². The summed E-state index contributed by atoms with van der Waals surface area (Å²) in [4.78, 5) is 0. The van der Waals surface area contributed by atoms with E-state index in [9.17, 15) is 0 Å². The molecule has 0 saturated heterocycles. The summed E-state index contributed by atoms with van der Waals surface area (Å²) >= 11 is 0. The maximum absolute atomic E-state index is 2.57. The third kappa shape index (κ3) is 4.27. The van der Waals surface area contributed by atoms with Crippen molar-refractivity contribution >= 4 is 27.1 Å². The van der Waals surface area contributed by atoms with Crippen molar-refractivity contribution in [1.82, 2.24) is 0 Å². The Morgan fingerprint density at radius 2 is 1.42 bits per heavy atom. The quantitative estimate of drug-likeness (QED) is 0.190. The maximum Gasteiger partial charge on any atom is 0.0101 e. The molecule has 0 nitrogen and oxygen atoms in total. The van der Waals surface area contributed by atoms with Gasteiger partial charge in [-0.05, 0) is 111 Å². The monoisotopic (exact) mass is 552 g/mol. The molecule has 9 rings (SSSR count). The average molecular weight is 553 g/mol. The molecule has 0 aromatic heterocycles. The van der Waals surface area contributed by atoms with E-state index in [-0.39, 0.29) is 0 Å². The molecule has 0 bridgehead atoms. The van der Waals surface area contributed by atoms with Crippen LogP contribution in [0.2, 0.25) is 0 Å². The number of allylic oxidation sites excluding steroid dienone is 8. The van der Waals surface area contributed by atoms with Crippen LogP contribution in [0.15, 0.2) is 139 Å². The zero-order valence-electron chi connectivity index (χ0n) is 24.8. The molecule has 0 heterocycles. The summed E-state index contributed by atoms with van der Waals surface area (Å²) in [5.41, 5.74) is 13.2. The third-order valence-corrected chi connectivity index (χ3v) is 10.6. The van der Waals surface area contributed by atoms with Gasteiger partial charge in [0.05, 0.1) is 0 Å². The van der Waals surface area contributed by atoms with Crippen molar-refractivity contribution in [3.05, 3.63) is 172 Å². The molecule has 0 aliphatic heterocycles. The van der Waals surface area contributed by atoms with Gasteiger partial charge in [0.15, 0.2) is 0 Å². The summed E-state index contributed by atoms with van der Waals surface area (Å²) in [5.74, 6) is 2.52. The van der Waals surface area contributed by atoms with Gasteiger partial charge in [-0.3, -0.25) is 0 Å². The zero-order chi connectivity index (χ0) is 28.5. The lowest BCUT2D eigenvalue weighted by molar-refractivity contribution is 0.737. The molecule has 0 spiro atoms. The molecule has 208 valence electrons. The van der Waals surface area contributed by atoms with E-state index in [0.717, 1.165) is 31.1 Å². The Morgan fingerprint density at radius 1 is 0.698 bits per heavy atom. The van der Waals surface area contributed by atoms with E-state index >= 15 is 0 Å². The highest BCUT2D eigenvalue weighted by Gasteiger charge is 2.38. The topological polar surface area (TPSA) is 0 Å². The van der Waals surface area contributed by atoms with Crippen LogP contribution in [0, 0.1) is 18.8 Å². The number of hydrogen-bond donors (Lipinski definition) is 0. The van der Waals surface area contributed by atoms with Gasteiger partial charge in [0.2, 0.25) is 0 Å². The molecule has 5 aromatic carbocycles. The summed E-state index contributed by atoms with van der Waals surface area (Å²) in [6.07, 6.45) is 16.6. The van der Waals surface area contributed by atoms with E-state index in [1.807, 2.05) is 0 Å². The second-order valence-corrected chi connectivity index (χ2v) is 13.3. The van der Waals surface area contributed by atoms with Crippen molar-refractivity contribution in [2.45, 2.75) is 44.4 Å². The Kier molecular flexibility index (Phi) is 5.73. The van der Waals surface area contributed by atoms with Gasteiger partial charge in [-0.2, -0.15) is 0 Å². The Morgan fingerprint density at radius 3 is 2.26 bits per heavy atom. The van der Waals surface area contributed by atoms with Crippen molar-refractivity contribution in [2.75, 3.05) is 0 Å². The molecule has 0 amide bonds. The van der Waals surface area contributed by atoms with E-state index in [1.165, 1.54) is 72.5 Å². The van der Waals surface area contributed by atoms with E-state index in [2.05, 4.69) is 134 Å². The molecular formula is C43H36. The van der Waals surface area contributed by atoms with Crippen LogP contribution in [0.3, 0.4) is 0 Å².